The van der Waals surface area contributed by atoms with E-state index in [-0.39, 0.29) is 11.1 Å². The molecule has 112 valence electrons. The first-order valence-electron chi connectivity index (χ1n) is 6.43. The van der Waals surface area contributed by atoms with Gasteiger partial charge in [0.15, 0.2) is 0 Å². The summed E-state index contributed by atoms with van der Waals surface area (Å²) in [6, 6.07) is 3.05. The minimum absolute atomic E-state index is 0.0374. The van der Waals surface area contributed by atoms with Crippen LogP contribution in [0.25, 0.3) is 0 Å². The van der Waals surface area contributed by atoms with Gasteiger partial charge in [-0.25, -0.2) is 4.98 Å². The molecule has 0 fully saturated rings. The molecule has 0 aromatic carbocycles. The van der Waals surface area contributed by atoms with Gasteiger partial charge in [0.05, 0.1) is 16.6 Å². The van der Waals surface area contributed by atoms with Gasteiger partial charge in [0.25, 0.3) is 0 Å². The van der Waals surface area contributed by atoms with Crippen molar-refractivity contribution in [3.8, 4) is 0 Å². The molecule has 3 heterocycles. The monoisotopic (exact) mass is 332 g/mol. The van der Waals surface area contributed by atoms with Gasteiger partial charge in [0, 0.05) is 17.6 Å². The maximum atomic E-state index is 12.7. The number of hydrogen-bond donors (Lipinski definition) is 0. The smallest absolute Gasteiger partial charge is 0.348 e. The van der Waals surface area contributed by atoms with Crippen molar-refractivity contribution in [3.05, 3.63) is 44.7 Å². The molecule has 7 heteroatoms. The molecule has 2 aromatic rings. The van der Waals surface area contributed by atoms with Crippen molar-refractivity contribution in [2.24, 2.45) is 0 Å². The molecule has 1 aliphatic heterocycles. The summed E-state index contributed by atoms with van der Waals surface area (Å²) in [5.41, 5.74) is 0.376. The second kappa shape index (κ2) is 5.18. The Kier molecular flexibility index (Phi) is 3.61. The lowest BCUT2D eigenvalue weighted by Gasteiger charge is -2.35. The zero-order chi connectivity index (χ0) is 15.2. The fourth-order valence-electron chi connectivity index (χ4n) is 2.60. The number of halogens is 4. The predicted octanol–water partition coefficient (Wildman–Crippen LogP) is 4.94. The lowest BCUT2D eigenvalue weighted by Crippen LogP contribution is -2.34. The molecule has 0 bridgehead atoms. The van der Waals surface area contributed by atoms with Crippen LogP contribution in [0.15, 0.2) is 23.7 Å². The molecule has 3 rings (SSSR count). The van der Waals surface area contributed by atoms with Crippen LogP contribution in [-0.4, -0.2) is 11.5 Å². The second-order valence-corrected chi connectivity index (χ2v) is 6.35. The average molecular weight is 333 g/mol. The summed E-state index contributed by atoms with van der Waals surface area (Å²) < 4.78 is 38.0. The molecule has 0 radical (unpaired) electrons. The molecule has 2 aromatic heterocycles. The Balaban J connectivity index is 1.95. The van der Waals surface area contributed by atoms with Crippen molar-refractivity contribution in [3.63, 3.8) is 0 Å². The zero-order valence-corrected chi connectivity index (χ0v) is 12.7. The fraction of sp³-hybridized carbons (Fsp3) is 0.357. The number of fused-ring (bicyclic) bond motifs is 1. The quantitative estimate of drug-likeness (QED) is 0.735. The van der Waals surface area contributed by atoms with Crippen molar-refractivity contribution >= 4 is 28.8 Å². The zero-order valence-electron chi connectivity index (χ0n) is 11.1. The largest absolute Gasteiger partial charge is 0.417 e. The number of thiophene rings is 1. The number of alkyl halides is 3. The van der Waals surface area contributed by atoms with E-state index in [4.69, 9.17) is 11.6 Å². The molecule has 0 saturated carbocycles. The Hall–Kier alpha value is -1.27. The first-order valence-corrected chi connectivity index (χ1v) is 7.69. The molecule has 1 aliphatic rings. The topological polar surface area (TPSA) is 16.1 Å². The summed E-state index contributed by atoms with van der Waals surface area (Å²) in [5.74, 6) is 0.411. The Bertz CT molecular complexity index is 668. The molecule has 21 heavy (non-hydrogen) atoms. The minimum Gasteiger partial charge on any atom is -0.348 e. The van der Waals surface area contributed by atoms with Crippen LogP contribution >= 0.6 is 22.9 Å². The first-order chi connectivity index (χ1) is 9.88. The van der Waals surface area contributed by atoms with Gasteiger partial charge in [-0.2, -0.15) is 13.2 Å². The van der Waals surface area contributed by atoms with E-state index in [2.05, 4.69) is 11.1 Å². The second-order valence-electron chi connectivity index (χ2n) is 4.95. The van der Waals surface area contributed by atoms with E-state index in [1.807, 2.05) is 17.2 Å². The molecule has 0 aliphatic carbocycles. The van der Waals surface area contributed by atoms with E-state index < -0.39 is 11.7 Å². The highest BCUT2D eigenvalue weighted by molar-refractivity contribution is 7.10. The lowest BCUT2D eigenvalue weighted by atomic mass is 10.0. The third-order valence-corrected chi connectivity index (χ3v) is 4.97. The summed E-state index contributed by atoms with van der Waals surface area (Å²) in [5, 5.41) is 2.07. The normalized spacial score (nSPS) is 18.7. The standard InChI is InChI=1S/C14H12ClF3N2S/c1-8-10-3-5-21-12(10)2-4-20(8)13-11(15)6-9(7-19-13)14(16,17)18/h3,5-8H,2,4H2,1H3. The Labute approximate surface area is 129 Å². The fourth-order valence-corrected chi connectivity index (χ4v) is 3.83. The molecule has 0 amide bonds. The lowest BCUT2D eigenvalue weighted by molar-refractivity contribution is -0.137. The molecule has 1 atom stereocenters. The van der Waals surface area contributed by atoms with Crippen molar-refractivity contribution in [1.82, 2.24) is 4.98 Å². The highest BCUT2D eigenvalue weighted by Crippen LogP contribution is 2.39. The molecular formula is C14H12ClF3N2S. The molecule has 0 spiro atoms. The summed E-state index contributed by atoms with van der Waals surface area (Å²) in [6.07, 6.45) is -2.73. The average Bonchev–Trinajstić information content (AvgIpc) is 2.88. The van der Waals surface area contributed by atoms with Crippen LogP contribution in [0.3, 0.4) is 0 Å². The van der Waals surface area contributed by atoms with E-state index in [1.54, 1.807) is 11.3 Å². The van der Waals surface area contributed by atoms with Gasteiger partial charge in [-0.3, -0.25) is 0 Å². The molecular weight excluding hydrogens is 321 g/mol. The van der Waals surface area contributed by atoms with Gasteiger partial charge < -0.3 is 4.90 Å². The third kappa shape index (κ3) is 2.62. The number of pyridine rings is 1. The number of rotatable bonds is 1. The molecule has 2 nitrogen and oxygen atoms in total. The van der Waals surface area contributed by atoms with Crippen molar-refractivity contribution < 1.29 is 13.2 Å². The van der Waals surface area contributed by atoms with Crippen molar-refractivity contribution in [2.45, 2.75) is 25.6 Å². The van der Waals surface area contributed by atoms with Gasteiger partial charge in [-0.1, -0.05) is 11.6 Å². The predicted molar refractivity (Wildman–Crippen MR) is 78.0 cm³/mol. The van der Waals surface area contributed by atoms with Crippen LogP contribution in [0.4, 0.5) is 19.0 Å². The minimum atomic E-state index is -4.43. The van der Waals surface area contributed by atoms with Gasteiger partial charge >= 0.3 is 6.18 Å². The molecule has 0 saturated heterocycles. The van der Waals surface area contributed by atoms with Gasteiger partial charge in [0.1, 0.15) is 5.82 Å². The molecule has 0 N–H and O–H groups in total. The van der Waals surface area contributed by atoms with Crippen LogP contribution in [0.1, 0.15) is 29.0 Å². The van der Waals surface area contributed by atoms with Gasteiger partial charge in [-0.15, -0.1) is 11.3 Å². The van der Waals surface area contributed by atoms with E-state index in [9.17, 15) is 13.2 Å². The van der Waals surface area contributed by atoms with Gasteiger partial charge in [0.2, 0.25) is 0 Å². The maximum absolute atomic E-state index is 12.7. The van der Waals surface area contributed by atoms with E-state index in [0.29, 0.717) is 12.4 Å². The molecule has 1 unspecified atom stereocenters. The van der Waals surface area contributed by atoms with E-state index in [0.717, 1.165) is 18.7 Å². The highest BCUT2D eigenvalue weighted by atomic mass is 35.5. The number of anilines is 1. The highest BCUT2D eigenvalue weighted by Gasteiger charge is 2.33. The van der Waals surface area contributed by atoms with Gasteiger partial charge in [-0.05, 0) is 36.4 Å². The summed E-state index contributed by atoms with van der Waals surface area (Å²) in [6.45, 7) is 2.72. The first kappa shape index (κ1) is 14.7. The van der Waals surface area contributed by atoms with Crippen molar-refractivity contribution in [1.29, 1.82) is 0 Å². The van der Waals surface area contributed by atoms with Crippen molar-refractivity contribution in [2.75, 3.05) is 11.4 Å². The van der Waals surface area contributed by atoms with E-state index in [1.165, 1.54) is 10.4 Å². The Morgan fingerprint density at radius 3 is 2.86 bits per heavy atom. The maximum Gasteiger partial charge on any atom is 0.417 e. The van der Waals surface area contributed by atoms with Crippen LogP contribution in [-0.2, 0) is 12.6 Å². The van der Waals surface area contributed by atoms with E-state index >= 15 is 0 Å². The Morgan fingerprint density at radius 2 is 2.19 bits per heavy atom. The SMILES string of the molecule is CC1c2ccsc2CCN1c1ncc(C(F)(F)F)cc1Cl. The number of hydrogen-bond acceptors (Lipinski definition) is 3. The van der Waals surface area contributed by atoms with Crippen LogP contribution < -0.4 is 4.90 Å². The summed E-state index contributed by atoms with van der Waals surface area (Å²) in [7, 11) is 0. The summed E-state index contributed by atoms with van der Waals surface area (Å²) in [4.78, 5) is 7.23. The summed E-state index contributed by atoms with van der Waals surface area (Å²) >= 11 is 7.74. The third-order valence-electron chi connectivity index (χ3n) is 3.70. The Morgan fingerprint density at radius 1 is 1.43 bits per heavy atom. The number of aromatic nitrogens is 1. The van der Waals surface area contributed by atoms with Crippen LogP contribution in [0.2, 0.25) is 5.02 Å². The number of nitrogens with zero attached hydrogens (tertiary/aromatic N) is 2. The van der Waals surface area contributed by atoms with Crippen LogP contribution in [0, 0.1) is 0 Å². The van der Waals surface area contributed by atoms with Crippen LogP contribution in [0.5, 0.6) is 0 Å².